The van der Waals surface area contributed by atoms with Gasteiger partial charge in [-0.3, -0.25) is 9.10 Å². The molecular weight excluding hydrogens is 372 g/mol. The SMILES string of the molecule is C[C@@H]1Cc2cc(C(=O)N[C@H](C)c3ccc(Cl)cc3)ccc2N1S(C)(=O)=O. The van der Waals surface area contributed by atoms with Crippen LogP contribution >= 0.6 is 11.6 Å². The predicted molar refractivity (Wildman–Crippen MR) is 104 cm³/mol. The highest BCUT2D eigenvalue weighted by Crippen LogP contribution is 2.34. The molecule has 0 spiro atoms. The van der Waals surface area contributed by atoms with Crippen LogP contribution in [0.3, 0.4) is 0 Å². The molecule has 3 rings (SSSR count). The number of sulfonamides is 1. The van der Waals surface area contributed by atoms with Crippen molar-refractivity contribution in [2.45, 2.75) is 32.4 Å². The number of rotatable bonds is 4. The van der Waals surface area contributed by atoms with Crippen molar-refractivity contribution in [3.05, 3.63) is 64.2 Å². The number of nitrogens with zero attached hydrogens (tertiary/aromatic N) is 1. The van der Waals surface area contributed by atoms with E-state index in [9.17, 15) is 13.2 Å². The van der Waals surface area contributed by atoms with Crippen molar-refractivity contribution in [2.75, 3.05) is 10.6 Å². The Bertz CT molecular complexity index is 942. The van der Waals surface area contributed by atoms with Crippen molar-refractivity contribution in [1.82, 2.24) is 5.32 Å². The summed E-state index contributed by atoms with van der Waals surface area (Å²) in [7, 11) is -3.33. The molecule has 26 heavy (non-hydrogen) atoms. The van der Waals surface area contributed by atoms with Crippen molar-refractivity contribution < 1.29 is 13.2 Å². The molecule has 1 amide bonds. The normalized spacial score (nSPS) is 17.7. The molecule has 0 aromatic heterocycles. The Morgan fingerprint density at radius 2 is 1.88 bits per heavy atom. The van der Waals surface area contributed by atoms with Crippen LogP contribution < -0.4 is 9.62 Å². The Morgan fingerprint density at radius 3 is 2.50 bits per heavy atom. The number of fused-ring (bicyclic) bond motifs is 1. The summed E-state index contributed by atoms with van der Waals surface area (Å²) in [5.74, 6) is -0.194. The smallest absolute Gasteiger partial charge is 0.251 e. The molecule has 0 saturated carbocycles. The van der Waals surface area contributed by atoms with Gasteiger partial charge in [0, 0.05) is 16.6 Å². The Labute approximate surface area is 159 Å². The summed E-state index contributed by atoms with van der Waals surface area (Å²) < 4.78 is 25.4. The van der Waals surface area contributed by atoms with Crippen LogP contribution in [0.5, 0.6) is 0 Å². The lowest BCUT2D eigenvalue weighted by Crippen LogP contribution is -2.34. The van der Waals surface area contributed by atoms with Crippen LogP contribution in [-0.2, 0) is 16.4 Å². The lowest BCUT2D eigenvalue weighted by molar-refractivity contribution is 0.0940. The van der Waals surface area contributed by atoms with E-state index in [1.54, 1.807) is 30.3 Å². The maximum Gasteiger partial charge on any atom is 0.251 e. The molecule has 7 heteroatoms. The number of halogens is 1. The zero-order valence-electron chi connectivity index (χ0n) is 14.9. The van der Waals surface area contributed by atoms with E-state index < -0.39 is 10.0 Å². The molecule has 138 valence electrons. The minimum absolute atomic E-state index is 0.147. The number of hydrogen-bond donors (Lipinski definition) is 1. The lowest BCUT2D eigenvalue weighted by atomic mass is 10.0. The monoisotopic (exact) mass is 392 g/mol. The van der Waals surface area contributed by atoms with E-state index in [1.165, 1.54) is 10.6 Å². The van der Waals surface area contributed by atoms with Gasteiger partial charge in [0.2, 0.25) is 10.0 Å². The van der Waals surface area contributed by atoms with Gasteiger partial charge in [-0.2, -0.15) is 0 Å². The van der Waals surface area contributed by atoms with Crippen molar-refractivity contribution in [3.8, 4) is 0 Å². The van der Waals surface area contributed by atoms with Gasteiger partial charge in [0.05, 0.1) is 18.0 Å². The van der Waals surface area contributed by atoms with Crippen LogP contribution in [-0.4, -0.2) is 26.6 Å². The van der Waals surface area contributed by atoms with Crippen LogP contribution in [0, 0.1) is 0 Å². The summed E-state index contributed by atoms with van der Waals surface area (Å²) in [6, 6.07) is 12.2. The van der Waals surface area contributed by atoms with Crippen LogP contribution in [0.4, 0.5) is 5.69 Å². The van der Waals surface area contributed by atoms with Gasteiger partial charge in [-0.25, -0.2) is 8.42 Å². The third-order valence-corrected chi connectivity index (χ3v) is 6.09. The first-order valence-corrected chi connectivity index (χ1v) is 10.6. The third kappa shape index (κ3) is 3.71. The molecule has 1 aliphatic heterocycles. The molecule has 0 saturated heterocycles. The molecule has 2 aromatic carbocycles. The van der Waals surface area contributed by atoms with Crippen LogP contribution in [0.15, 0.2) is 42.5 Å². The second-order valence-electron chi connectivity index (χ2n) is 6.70. The standard InChI is InChI=1S/C19H21ClN2O3S/c1-12-10-16-11-15(6-9-18(16)22(12)26(3,24)25)19(23)21-13(2)14-4-7-17(20)8-5-14/h4-9,11-13H,10H2,1-3H3,(H,21,23)/t12-,13-/m1/s1. The fraction of sp³-hybridized carbons (Fsp3) is 0.316. The number of benzene rings is 2. The van der Waals surface area contributed by atoms with Crippen molar-refractivity contribution in [3.63, 3.8) is 0 Å². The summed E-state index contributed by atoms with van der Waals surface area (Å²) in [5, 5.41) is 3.61. The van der Waals surface area contributed by atoms with Crippen molar-refractivity contribution in [1.29, 1.82) is 0 Å². The average molecular weight is 393 g/mol. The van der Waals surface area contributed by atoms with E-state index in [0.29, 0.717) is 22.7 Å². The summed E-state index contributed by atoms with van der Waals surface area (Å²) >= 11 is 5.89. The number of carbonyl (C=O) groups is 1. The van der Waals surface area contributed by atoms with Gasteiger partial charge in [-0.05, 0) is 61.7 Å². The van der Waals surface area contributed by atoms with E-state index in [-0.39, 0.29) is 18.0 Å². The molecule has 2 aromatic rings. The lowest BCUT2D eigenvalue weighted by Gasteiger charge is -2.22. The molecule has 0 radical (unpaired) electrons. The number of amides is 1. The molecule has 1 aliphatic rings. The Balaban J connectivity index is 1.80. The minimum Gasteiger partial charge on any atom is -0.346 e. The Kier molecular flexibility index (Phi) is 4.99. The van der Waals surface area contributed by atoms with Gasteiger partial charge in [0.1, 0.15) is 0 Å². The molecule has 2 atom stereocenters. The maximum absolute atomic E-state index is 12.6. The number of anilines is 1. The quantitative estimate of drug-likeness (QED) is 0.865. The van der Waals surface area contributed by atoms with Gasteiger partial charge in [0.15, 0.2) is 0 Å². The summed E-state index contributed by atoms with van der Waals surface area (Å²) in [6.07, 6.45) is 1.79. The highest BCUT2D eigenvalue weighted by Gasteiger charge is 2.32. The predicted octanol–water partition coefficient (Wildman–Crippen LogP) is 3.54. The molecule has 0 aliphatic carbocycles. The van der Waals surface area contributed by atoms with Gasteiger partial charge in [-0.1, -0.05) is 23.7 Å². The first-order valence-electron chi connectivity index (χ1n) is 8.35. The second kappa shape index (κ2) is 6.93. The maximum atomic E-state index is 12.6. The van der Waals surface area contributed by atoms with E-state index in [1.807, 2.05) is 26.0 Å². The van der Waals surface area contributed by atoms with Gasteiger partial charge in [0.25, 0.3) is 5.91 Å². The van der Waals surface area contributed by atoms with E-state index in [4.69, 9.17) is 11.6 Å². The molecule has 1 N–H and O–H groups in total. The fourth-order valence-corrected chi connectivity index (χ4v) is 4.75. The highest BCUT2D eigenvalue weighted by atomic mass is 35.5. The van der Waals surface area contributed by atoms with Gasteiger partial charge < -0.3 is 5.32 Å². The largest absolute Gasteiger partial charge is 0.346 e. The molecule has 5 nitrogen and oxygen atoms in total. The van der Waals surface area contributed by atoms with Gasteiger partial charge in [-0.15, -0.1) is 0 Å². The molecule has 0 fully saturated rings. The molecular formula is C19H21ClN2O3S. The van der Waals surface area contributed by atoms with Gasteiger partial charge >= 0.3 is 0 Å². The Hall–Kier alpha value is -2.05. The molecule has 1 heterocycles. The van der Waals surface area contributed by atoms with Crippen LogP contribution in [0.1, 0.15) is 41.4 Å². The third-order valence-electron chi connectivity index (χ3n) is 4.57. The number of nitrogens with one attached hydrogen (secondary N) is 1. The topological polar surface area (TPSA) is 66.5 Å². The summed E-state index contributed by atoms with van der Waals surface area (Å²) in [4.78, 5) is 12.6. The second-order valence-corrected chi connectivity index (χ2v) is 9.00. The van der Waals surface area contributed by atoms with Crippen LogP contribution in [0.2, 0.25) is 5.02 Å². The van der Waals surface area contributed by atoms with Crippen molar-refractivity contribution >= 4 is 33.2 Å². The van der Waals surface area contributed by atoms with Crippen LogP contribution in [0.25, 0.3) is 0 Å². The summed E-state index contributed by atoms with van der Waals surface area (Å²) in [5.41, 5.74) is 3.00. The first-order chi connectivity index (χ1) is 12.2. The summed E-state index contributed by atoms with van der Waals surface area (Å²) in [6.45, 7) is 3.77. The van der Waals surface area contributed by atoms with E-state index in [2.05, 4.69) is 5.32 Å². The van der Waals surface area contributed by atoms with Crippen molar-refractivity contribution in [2.24, 2.45) is 0 Å². The van der Waals surface area contributed by atoms with E-state index >= 15 is 0 Å². The first kappa shape index (κ1) is 18.7. The van der Waals surface area contributed by atoms with E-state index in [0.717, 1.165) is 11.1 Å². The zero-order valence-corrected chi connectivity index (χ0v) is 16.4. The average Bonchev–Trinajstić information content (AvgIpc) is 2.90. The highest BCUT2D eigenvalue weighted by molar-refractivity contribution is 7.92. The number of carbonyl (C=O) groups excluding carboxylic acids is 1. The molecule has 0 bridgehead atoms. The Morgan fingerprint density at radius 1 is 1.23 bits per heavy atom. The molecule has 0 unspecified atom stereocenters. The zero-order chi connectivity index (χ0) is 19.1. The number of hydrogen-bond acceptors (Lipinski definition) is 3. The fourth-order valence-electron chi connectivity index (χ4n) is 3.36. The minimum atomic E-state index is -3.33.